The Morgan fingerprint density at radius 3 is 2.71 bits per heavy atom. The Labute approximate surface area is 142 Å². The van der Waals surface area contributed by atoms with Crippen LogP contribution < -0.4 is 10.2 Å². The third-order valence-electron chi connectivity index (χ3n) is 4.71. The van der Waals surface area contributed by atoms with E-state index in [1.165, 1.54) is 39.0 Å². The summed E-state index contributed by atoms with van der Waals surface area (Å²) >= 11 is 0. The van der Waals surface area contributed by atoms with Crippen molar-refractivity contribution in [3.63, 3.8) is 0 Å². The zero-order valence-corrected chi connectivity index (χ0v) is 14.6. The second kappa shape index (κ2) is 7.03. The summed E-state index contributed by atoms with van der Waals surface area (Å²) in [6.07, 6.45) is 6.29. The first-order chi connectivity index (χ1) is 11.6. The van der Waals surface area contributed by atoms with Gasteiger partial charge in [0.2, 0.25) is 11.9 Å². The molecule has 0 atom stereocenters. The fourth-order valence-corrected chi connectivity index (χ4v) is 3.45. The molecule has 1 aliphatic rings. The number of aromatic nitrogens is 3. The maximum absolute atomic E-state index is 11.2. The lowest BCUT2D eigenvalue weighted by atomic mass is 9.89. The van der Waals surface area contributed by atoms with E-state index in [4.69, 9.17) is 0 Å². The summed E-state index contributed by atoms with van der Waals surface area (Å²) in [5.41, 5.74) is 1.74. The van der Waals surface area contributed by atoms with Gasteiger partial charge in [-0.1, -0.05) is 25.3 Å². The smallest absolute Gasteiger partial charge is 0.231 e. The molecule has 24 heavy (non-hydrogen) atoms. The van der Waals surface area contributed by atoms with Gasteiger partial charge in [0.1, 0.15) is 5.82 Å². The second-order valence-corrected chi connectivity index (χ2v) is 6.54. The number of carbonyl (C=O) groups is 1. The highest BCUT2D eigenvalue weighted by Crippen LogP contribution is 2.33. The Bertz CT molecular complexity index is 718. The number of nitrogens with one attached hydrogen (secondary N) is 1. The minimum atomic E-state index is -0.0759. The number of hydrogen-bond acceptors (Lipinski definition) is 4. The Morgan fingerprint density at radius 1 is 1.25 bits per heavy atom. The van der Waals surface area contributed by atoms with Gasteiger partial charge in [-0.3, -0.25) is 9.36 Å². The van der Waals surface area contributed by atoms with Crippen molar-refractivity contribution in [1.82, 2.24) is 14.8 Å². The van der Waals surface area contributed by atoms with Crippen LogP contribution in [-0.4, -0.2) is 27.7 Å². The van der Waals surface area contributed by atoms with Crippen LogP contribution in [0, 0.1) is 0 Å². The first-order valence-electron chi connectivity index (χ1n) is 8.57. The number of rotatable bonds is 4. The average molecular weight is 327 g/mol. The molecule has 1 heterocycles. The van der Waals surface area contributed by atoms with Crippen LogP contribution in [0.1, 0.15) is 50.8 Å². The number of amides is 1. The number of anilines is 3. The van der Waals surface area contributed by atoms with Crippen molar-refractivity contribution >= 4 is 23.2 Å². The molecule has 0 aliphatic heterocycles. The number of nitrogens with zero attached hydrogens (tertiary/aromatic N) is 4. The molecule has 6 heteroatoms. The van der Waals surface area contributed by atoms with Gasteiger partial charge in [-0.05, 0) is 31.0 Å². The van der Waals surface area contributed by atoms with Crippen molar-refractivity contribution < 1.29 is 4.79 Å². The molecule has 1 fully saturated rings. The van der Waals surface area contributed by atoms with Gasteiger partial charge >= 0.3 is 0 Å². The van der Waals surface area contributed by atoms with E-state index in [0.29, 0.717) is 5.92 Å². The van der Waals surface area contributed by atoms with Crippen LogP contribution in [0.2, 0.25) is 0 Å². The molecule has 0 radical (unpaired) electrons. The average Bonchev–Trinajstić information content (AvgIpc) is 2.96. The Hall–Kier alpha value is -2.37. The van der Waals surface area contributed by atoms with Gasteiger partial charge in [0, 0.05) is 38.3 Å². The molecule has 3 rings (SSSR count). The molecule has 0 unspecified atom stereocenters. The maximum atomic E-state index is 11.2. The Morgan fingerprint density at radius 2 is 2.00 bits per heavy atom. The van der Waals surface area contributed by atoms with E-state index in [9.17, 15) is 4.79 Å². The van der Waals surface area contributed by atoms with E-state index in [0.717, 1.165) is 23.1 Å². The van der Waals surface area contributed by atoms with Crippen LogP contribution in [-0.2, 0) is 11.8 Å². The molecule has 0 bridgehead atoms. The van der Waals surface area contributed by atoms with E-state index >= 15 is 0 Å². The van der Waals surface area contributed by atoms with Crippen LogP contribution in [0.4, 0.5) is 17.3 Å². The van der Waals surface area contributed by atoms with Crippen LogP contribution in [0.15, 0.2) is 24.3 Å². The van der Waals surface area contributed by atoms with E-state index < -0.39 is 0 Å². The van der Waals surface area contributed by atoms with Crippen molar-refractivity contribution in [2.24, 2.45) is 7.05 Å². The molecule has 6 nitrogen and oxygen atoms in total. The number of hydrogen-bond donors (Lipinski definition) is 1. The van der Waals surface area contributed by atoms with Gasteiger partial charge in [-0.25, -0.2) is 0 Å². The molecule has 1 aliphatic carbocycles. The normalized spacial score (nSPS) is 15.3. The van der Waals surface area contributed by atoms with Gasteiger partial charge < -0.3 is 10.2 Å². The standard InChI is InChI=1S/C18H25N5O/c1-13(24)19-15-10-7-11-16(12-15)22(2)18-21-20-17(23(18)3)14-8-5-4-6-9-14/h7,10-12,14H,4-6,8-9H2,1-3H3,(H,19,24). The Balaban J connectivity index is 1.83. The van der Waals surface area contributed by atoms with Crippen LogP contribution in [0.3, 0.4) is 0 Å². The second-order valence-electron chi connectivity index (χ2n) is 6.54. The molecule has 128 valence electrons. The Kier molecular flexibility index (Phi) is 4.83. The van der Waals surface area contributed by atoms with Crippen molar-refractivity contribution in [2.75, 3.05) is 17.3 Å². The molecule has 1 aromatic carbocycles. The largest absolute Gasteiger partial charge is 0.326 e. The minimum Gasteiger partial charge on any atom is -0.326 e. The molecule has 0 saturated heterocycles. The van der Waals surface area contributed by atoms with Crippen molar-refractivity contribution in [3.8, 4) is 0 Å². The molecule has 0 spiro atoms. The first-order valence-corrected chi connectivity index (χ1v) is 8.57. The van der Waals surface area contributed by atoms with Gasteiger partial charge in [-0.15, -0.1) is 10.2 Å². The van der Waals surface area contributed by atoms with E-state index in [1.807, 2.05) is 43.3 Å². The summed E-state index contributed by atoms with van der Waals surface area (Å²) in [6, 6.07) is 7.75. The van der Waals surface area contributed by atoms with Crippen molar-refractivity contribution in [2.45, 2.75) is 44.9 Å². The highest BCUT2D eigenvalue weighted by atomic mass is 16.1. The molecule has 2 aromatic rings. The van der Waals surface area contributed by atoms with Gasteiger partial charge in [0.25, 0.3) is 0 Å². The predicted octanol–water partition coefficient (Wildman–Crippen LogP) is 3.59. The van der Waals surface area contributed by atoms with Gasteiger partial charge in [0.15, 0.2) is 0 Å². The molecule has 1 saturated carbocycles. The van der Waals surface area contributed by atoms with Crippen molar-refractivity contribution in [1.29, 1.82) is 0 Å². The molecular formula is C18H25N5O. The van der Waals surface area contributed by atoms with E-state index in [-0.39, 0.29) is 5.91 Å². The number of carbonyl (C=O) groups excluding carboxylic acids is 1. The van der Waals surface area contributed by atoms with Crippen LogP contribution >= 0.6 is 0 Å². The summed E-state index contributed by atoms with van der Waals surface area (Å²) in [6.45, 7) is 1.51. The highest BCUT2D eigenvalue weighted by molar-refractivity contribution is 5.89. The molecular weight excluding hydrogens is 302 g/mol. The summed E-state index contributed by atoms with van der Waals surface area (Å²) in [4.78, 5) is 13.3. The lowest BCUT2D eigenvalue weighted by Gasteiger charge is -2.22. The maximum Gasteiger partial charge on any atom is 0.231 e. The third-order valence-corrected chi connectivity index (χ3v) is 4.71. The van der Waals surface area contributed by atoms with Crippen molar-refractivity contribution in [3.05, 3.63) is 30.1 Å². The quantitative estimate of drug-likeness (QED) is 0.932. The van der Waals surface area contributed by atoms with Gasteiger partial charge in [-0.2, -0.15) is 0 Å². The SMILES string of the molecule is CC(=O)Nc1cccc(N(C)c2nnc(C3CCCCC3)n2C)c1. The fraction of sp³-hybridized carbons (Fsp3) is 0.500. The van der Waals surface area contributed by atoms with E-state index in [2.05, 4.69) is 20.1 Å². The molecule has 1 aromatic heterocycles. The molecule has 1 amide bonds. The third kappa shape index (κ3) is 3.42. The lowest BCUT2D eigenvalue weighted by molar-refractivity contribution is -0.114. The fourth-order valence-electron chi connectivity index (χ4n) is 3.45. The summed E-state index contributed by atoms with van der Waals surface area (Å²) in [7, 11) is 4.01. The highest BCUT2D eigenvalue weighted by Gasteiger charge is 2.23. The lowest BCUT2D eigenvalue weighted by Crippen LogP contribution is -2.17. The monoisotopic (exact) mass is 327 g/mol. The zero-order valence-electron chi connectivity index (χ0n) is 14.6. The summed E-state index contributed by atoms with van der Waals surface area (Å²) in [5.74, 6) is 2.34. The topological polar surface area (TPSA) is 63.1 Å². The number of benzene rings is 1. The van der Waals surface area contributed by atoms with Gasteiger partial charge in [0.05, 0.1) is 0 Å². The zero-order chi connectivity index (χ0) is 17.1. The van der Waals surface area contributed by atoms with Crippen LogP contribution in [0.5, 0.6) is 0 Å². The predicted molar refractivity (Wildman–Crippen MR) is 95.6 cm³/mol. The minimum absolute atomic E-state index is 0.0759. The summed E-state index contributed by atoms with van der Waals surface area (Å²) in [5, 5.41) is 11.7. The molecule has 1 N–H and O–H groups in total. The van der Waals surface area contributed by atoms with E-state index in [1.54, 1.807) is 0 Å². The summed E-state index contributed by atoms with van der Waals surface area (Å²) < 4.78 is 2.10. The van der Waals surface area contributed by atoms with Crippen LogP contribution in [0.25, 0.3) is 0 Å². The first kappa shape index (κ1) is 16.5.